The molecule has 4 aromatic heterocycles. The molecule has 5 aromatic rings. The Balaban J connectivity index is 0.00000204. The monoisotopic (exact) mass is 411 g/mol. The van der Waals surface area contributed by atoms with Crippen molar-refractivity contribution in [2.24, 2.45) is 0 Å². The van der Waals surface area contributed by atoms with E-state index in [1.807, 2.05) is 29.3 Å². The Morgan fingerprint density at radius 1 is 1.03 bits per heavy atom. The molecule has 1 aliphatic rings. The van der Waals surface area contributed by atoms with E-state index >= 15 is 0 Å². The second kappa shape index (κ2) is 7.56. The summed E-state index contributed by atoms with van der Waals surface area (Å²) in [6, 6.07) is 12.9. The van der Waals surface area contributed by atoms with Crippen LogP contribution in [-0.4, -0.2) is 33.2 Å². The van der Waals surface area contributed by atoms with Gasteiger partial charge in [-0.05, 0) is 71.6 Å². The van der Waals surface area contributed by atoms with Crippen molar-refractivity contribution in [3.05, 3.63) is 72.3 Å². The minimum absolute atomic E-state index is 0. The van der Waals surface area contributed by atoms with Crippen LogP contribution in [0.15, 0.2) is 61.2 Å². The van der Waals surface area contributed by atoms with Crippen LogP contribution in [0.25, 0.3) is 38.8 Å². The molecule has 6 heteroatoms. The number of ether oxygens (including phenoxy) is 1. The molecule has 0 bridgehead atoms. The molecule has 0 radical (unpaired) electrons. The maximum absolute atomic E-state index is 5.78. The van der Waals surface area contributed by atoms with Crippen molar-refractivity contribution in [1.29, 1.82) is 0 Å². The standard InChI is InChI=1S/C24H21N5O.CH4/c1-30-23-12-15-2-6-25-13-17(15)10-20(23)21-14-28-29-9-5-16(11-22(21)29)18-3-7-26-24-19(18)4-8-27-24;/h3-5,7-12,14,25H,2,6,13H2,1H3,(H,26,27);1H4. The lowest BCUT2D eigenvalue weighted by Crippen LogP contribution is -2.23. The first-order valence-corrected chi connectivity index (χ1v) is 10.1. The van der Waals surface area contributed by atoms with Crippen LogP contribution in [-0.2, 0) is 13.0 Å². The molecule has 5 heterocycles. The summed E-state index contributed by atoms with van der Waals surface area (Å²) in [5.41, 5.74) is 9.07. The molecule has 0 amide bonds. The Kier molecular flexibility index (Phi) is 4.71. The summed E-state index contributed by atoms with van der Waals surface area (Å²) in [7, 11) is 1.74. The van der Waals surface area contributed by atoms with E-state index in [-0.39, 0.29) is 7.43 Å². The second-order valence-corrected chi connectivity index (χ2v) is 7.65. The number of nitrogens with zero attached hydrogens (tertiary/aromatic N) is 3. The molecule has 2 N–H and O–H groups in total. The third-order valence-electron chi connectivity index (χ3n) is 5.99. The largest absolute Gasteiger partial charge is 0.496 e. The smallest absolute Gasteiger partial charge is 0.137 e. The Hall–Kier alpha value is -3.64. The molecular weight excluding hydrogens is 386 g/mol. The van der Waals surface area contributed by atoms with Crippen LogP contribution >= 0.6 is 0 Å². The highest BCUT2D eigenvalue weighted by atomic mass is 16.5. The predicted molar refractivity (Wildman–Crippen MR) is 124 cm³/mol. The van der Waals surface area contributed by atoms with Crippen LogP contribution in [0.2, 0.25) is 0 Å². The van der Waals surface area contributed by atoms with Crippen molar-refractivity contribution in [3.63, 3.8) is 0 Å². The fourth-order valence-corrected chi connectivity index (χ4v) is 4.46. The number of aromatic amines is 1. The van der Waals surface area contributed by atoms with E-state index in [0.29, 0.717) is 0 Å². The zero-order chi connectivity index (χ0) is 20.1. The predicted octanol–water partition coefficient (Wildman–Crippen LogP) is 4.84. The quantitative estimate of drug-likeness (QED) is 0.446. The van der Waals surface area contributed by atoms with Crippen LogP contribution < -0.4 is 10.1 Å². The summed E-state index contributed by atoms with van der Waals surface area (Å²) in [6.45, 7) is 1.90. The number of benzene rings is 1. The summed E-state index contributed by atoms with van der Waals surface area (Å²) < 4.78 is 7.70. The third-order valence-corrected chi connectivity index (χ3v) is 5.99. The van der Waals surface area contributed by atoms with E-state index in [1.54, 1.807) is 7.11 Å². The van der Waals surface area contributed by atoms with E-state index in [0.717, 1.165) is 64.1 Å². The third kappa shape index (κ3) is 3.07. The molecule has 0 spiro atoms. The zero-order valence-electron chi connectivity index (χ0n) is 16.6. The fourth-order valence-electron chi connectivity index (χ4n) is 4.46. The lowest BCUT2D eigenvalue weighted by molar-refractivity contribution is 0.415. The van der Waals surface area contributed by atoms with Crippen molar-refractivity contribution in [2.45, 2.75) is 20.4 Å². The van der Waals surface area contributed by atoms with Gasteiger partial charge in [0.15, 0.2) is 0 Å². The van der Waals surface area contributed by atoms with Gasteiger partial charge in [-0.3, -0.25) is 0 Å². The summed E-state index contributed by atoms with van der Waals surface area (Å²) in [5, 5.41) is 9.17. The molecule has 0 saturated heterocycles. The summed E-state index contributed by atoms with van der Waals surface area (Å²) in [6.07, 6.45) is 8.74. The number of rotatable bonds is 3. The van der Waals surface area contributed by atoms with Crippen molar-refractivity contribution in [2.75, 3.05) is 13.7 Å². The first kappa shape index (κ1) is 19.3. The van der Waals surface area contributed by atoms with E-state index in [4.69, 9.17) is 4.74 Å². The molecule has 31 heavy (non-hydrogen) atoms. The van der Waals surface area contributed by atoms with Gasteiger partial charge in [-0.1, -0.05) is 7.43 Å². The molecule has 0 fully saturated rings. The molecule has 0 atom stereocenters. The number of hydrogen-bond acceptors (Lipinski definition) is 4. The van der Waals surface area contributed by atoms with E-state index in [2.05, 4.69) is 56.8 Å². The SMILES string of the molecule is C.COc1cc2c(cc1-c1cnn3ccc(-c4ccnc5[nH]ccc45)cc13)CNCC2. The number of aromatic nitrogens is 4. The highest BCUT2D eigenvalue weighted by Gasteiger charge is 2.18. The first-order chi connectivity index (χ1) is 14.8. The Labute approximate surface area is 180 Å². The number of H-pyrrole nitrogens is 1. The van der Waals surface area contributed by atoms with Gasteiger partial charge in [0.25, 0.3) is 0 Å². The molecule has 156 valence electrons. The lowest BCUT2D eigenvalue weighted by atomic mass is 9.94. The van der Waals surface area contributed by atoms with Gasteiger partial charge < -0.3 is 15.0 Å². The molecular formula is C25H25N5O. The van der Waals surface area contributed by atoms with Gasteiger partial charge >= 0.3 is 0 Å². The molecule has 0 unspecified atom stereocenters. The maximum Gasteiger partial charge on any atom is 0.137 e. The normalized spacial score (nSPS) is 13.2. The number of fused-ring (bicyclic) bond motifs is 3. The Bertz CT molecular complexity index is 1400. The topological polar surface area (TPSA) is 67.2 Å². The van der Waals surface area contributed by atoms with E-state index < -0.39 is 0 Å². The zero-order valence-corrected chi connectivity index (χ0v) is 16.6. The number of nitrogens with one attached hydrogen (secondary N) is 2. The summed E-state index contributed by atoms with van der Waals surface area (Å²) in [5.74, 6) is 0.896. The van der Waals surface area contributed by atoms with Gasteiger partial charge in [0.1, 0.15) is 11.4 Å². The van der Waals surface area contributed by atoms with Gasteiger partial charge in [-0.25, -0.2) is 9.50 Å². The van der Waals surface area contributed by atoms with Crippen molar-refractivity contribution in [3.8, 4) is 28.0 Å². The molecule has 1 aromatic carbocycles. The average molecular weight is 412 g/mol. The number of hydrogen-bond donors (Lipinski definition) is 2. The van der Waals surface area contributed by atoms with Crippen molar-refractivity contribution in [1.82, 2.24) is 24.9 Å². The average Bonchev–Trinajstić information content (AvgIpc) is 3.44. The van der Waals surface area contributed by atoms with Crippen molar-refractivity contribution < 1.29 is 4.74 Å². The van der Waals surface area contributed by atoms with Gasteiger partial charge in [0.05, 0.1) is 18.8 Å². The number of methoxy groups -OCH3 is 1. The lowest BCUT2D eigenvalue weighted by Gasteiger charge is -2.20. The summed E-state index contributed by atoms with van der Waals surface area (Å²) in [4.78, 5) is 7.60. The number of pyridine rings is 2. The van der Waals surface area contributed by atoms with Crippen LogP contribution in [0, 0.1) is 0 Å². The van der Waals surface area contributed by atoms with Gasteiger partial charge in [0.2, 0.25) is 0 Å². The molecule has 0 aliphatic carbocycles. The van der Waals surface area contributed by atoms with E-state index in [9.17, 15) is 0 Å². The molecule has 6 rings (SSSR count). The Morgan fingerprint density at radius 2 is 1.97 bits per heavy atom. The van der Waals surface area contributed by atoms with Crippen LogP contribution in [0.4, 0.5) is 0 Å². The maximum atomic E-state index is 5.78. The molecule has 0 saturated carbocycles. The van der Waals surface area contributed by atoms with Gasteiger partial charge in [-0.15, -0.1) is 0 Å². The van der Waals surface area contributed by atoms with Crippen LogP contribution in [0.3, 0.4) is 0 Å². The minimum atomic E-state index is 0. The first-order valence-electron chi connectivity index (χ1n) is 10.1. The second-order valence-electron chi connectivity index (χ2n) is 7.65. The molecule has 1 aliphatic heterocycles. The van der Waals surface area contributed by atoms with Gasteiger partial charge in [-0.2, -0.15) is 5.10 Å². The fraction of sp³-hybridized carbons (Fsp3) is 0.200. The van der Waals surface area contributed by atoms with Crippen LogP contribution in [0.5, 0.6) is 5.75 Å². The van der Waals surface area contributed by atoms with E-state index in [1.165, 1.54) is 11.1 Å². The van der Waals surface area contributed by atoms with Crippen LogP contribution in [0.1, 0.15) is 18.6 Å². The highest BCUT2D eigenvalue weighted by Crippen LogP contribution is 2.37. The van der Waals surface area contributed by atoms with Crippen molar-refractivity contribution >= 4 is 16.6 Å². The molecule has 6 nitrogen and oxygen atoms in total. The highest BCUT2D eigenvalue weighted by molar-refractivity contribution is 5.95. The Morgan fingerprint density at radius 3 is 2.87 bits per heavy atom. The minimum Gasteiger partial charge on any atom is -0.496 e. The summed E-state index contributed by atoms with van der Waals surface area (Å²) >= 11 is 0. The van der Waals surface area contributed by atoms with Gasteiger partial charge in [0, 0.05) is 41.6 Å².